The van der Waals surface area contributed by atoms with E-state index in [0.29, 0.717) is 0 Å². The standard InChI is InChI=1S/C14H22BrN/c1-11-5-6-12(2)13(9-11)10-16-14(3,4)7-8-15/h5-6,9,16H,7-8,10H2,1-4H3. The van der Waals surface area contributed by atoms with Crippen molar-refractivity contribution in [3.63, 3.8) is 0 Å². The summed E-state index contributed by atoms with van der Waals surface area (Å²) < 4.78 is 0. The lowest BCUT2D eigenvalue weighted by Crippen LogP contribution is -2.39. The molecule has 90 valence electrons. The molecule has 1 N–H and O–H groups in total. The molecule has 0 spiro atoms. The van der Waals surface area contributed by atoms with Gasteiger partial charge in [0.25, 0.3) is 0 Å². The van der Waals surface area contributed by atoms with Crippen molar-refractivity contribution in [3.8, 4) is 0 Å². The van der Waals surface area contributed by atoms with Crippen molar-refractivity contribution in [2.24, 2.45) is 0 Å². The summed E-state index contributed by atoms with van der Waals surface area (Å²) in [5.41, 5.74) is 4.30. The summed E-state index contributed by atoms with van der Waals surface area (Å²) in [6, 6.07) is 6.64. The highest BCUT2D eigenvalue weighted by atomic mass is 79.9. The van der Waals surface area contributed by atoms with E-state index in [-0.39, 0.29) is 5.54 Å². The number of benzene rings is 1. The molecular formula is C14H22BrN. The second-order valence-electron chi connectivity index (χ2n) is 5.11. The summed E-state index contributed by atoms with van der Waals surface area (Å²) in [6.45, 7) is 9.77. The number of rotatable bonds is 5. The number of aryl methyl sites for hydroxylation is 2. The van der Waals surface area contributed by atoms with Crippen LogP contribution in [-0.4, -0.2) is 10.9 Å². The van der Waals surface area contributed by atoms with E-state index in [9.17, 15) is 0 Å². The zero-order chi connectivity index (χ0) is 12.2. The normalized spacial score (nSPS) is 11.8. The highest BCUT2D eigenvalue weighted by Gasteiger charge is 2.15. The third-order valence-corrected chi connectivity index (χ3v) is 3.38. The second-order valence-corrected chi connectivity index (χ2v) is 5.90. The lowest BCUT2D eigenvalue weighted by Gasteiger charge is -2.26. The summed E-state index contributed by atoms with van der Waals surface area (Å²) in [4.78, 5) is 0. The predicted octanol–water partition coefficient (Wildman–Crippen LogP) is 3.96. The number of halogens is 1. The smallest absolute Gasteiger partial charge is 0.0213 e. The van der Waals surface area contributed by atoms with E-state index < -0.39 is 0 Å². The van der Waals surface area contributed by atoms with Crippen molar-refractivity contribution in [1.29, 1.82) is 0 Å². The van der Waals surface area contributed by atoms with Crippen LogP contribution in [0.4, 0.5) is 0 Å². The van der Waals surface area contributed by atoms with Crippen LogP contribution in [0.15, 0.2) is 18.2 Å². The molecule has 0 aliphatic carbocycles. The summed E-state index contributed by atoms with van der Waals surface area (Å²) in [6.07, 6.45) is 1.14. The molecule has 0 amide bonds. The van der Waals surface area contributed by atoms with Gasteiger partial charge in [-0.05, 0) is 45.2 Å². The first-order valence-corrected chi connectivity index (χ1v) is 6.94. The van der Waals surface area contributed by atoms with E-state index in [1.807, 2.05) is 0 Å². The first kappa shape index (κ1) is 13.7. The zero-order valence-corrected chi connectivity index (χ0v) is 12.3. The lowest BCUT2D eigenvalue weighted by atomic mass is 10.00. The molecule has 0 fully saturated rings. The van der Waals surface area contributed by atoms with Crippen molar-refractivity contribution >= 4 is 15.9 Å². The Labute approximate surface area is 108 Å². The minimum Gasteiger partial charge on any atom is -0.308 e. The van der Waals surface area contributed by atoms with Crippen LogP contribution >= 0.6 is 15.9 Å². The SMILES string of the molecule is Cc1ccc(C)c(CNC(C)(C)CCBr)c1. The van der Waals surface area contributed by atoms with Gasteiger partial charge in [0.2, 0.25) is 0 Å². The molecule has 1 aromatic rings. The number of nitrogens with one attached hydrogen (secondary N) is 1. The van der Waals surface area contributed by atoms with E-state index in [1.165, 1.54) is 16.7 Å². The minimum atomic E-state index is 0.194. The molecule has 2 heteroatoms. The van der Waals surface area contributed by atoms with Gasteiger partial charge in [0.1, 0.15) is 0 Å². The molecule has 0 saturated carbocycles. The Hall–Kier alpha value is -0.340. The third-order valence-electron chi connectivity index (χ3n) is 2.98. The number of hydrogen-bond donors (Lipinski definition) is 1. The molecule has 0 saturated heterocycles. The van der Waals surface area contributed by atoms with Crippen molar-refractivity contribution in [2.45, 2.75) is 46.2 Å². The average Bonchev–Trinajstić information content (AvgIpc) is 2.19. The lowest BCUT2D eigenvalue weighted by molar-refractivity contribution is 0.377. The molecule has 0 aromatic heterocycles. The van der Waals surface area contributed by atoms with E-state index >= 15 is 0 Å². The van der Waals surface area contributed by atoms with Crippen LogP contribution in [0, 0.1) is 13.8 Å². The molecule has 1 aromatic carbocycles. The highest BCUT2D eigenvalue weighted by molar-refractivity contribution is 9.09. The summed E-state index contributed by atoms with van der Waals surface area (Å²) in [7, 11) is 0. The third kappa shape index (κ3) is 4.26. The van der Waals surface area contributed by atoms with Gasteiger partial charge in [-0.3, -0.25) is 0 Å². The van der Waals surface area contributed by atoms with Crippen molar-refractivity contribution in [2.75, 3.05) is 5.33 Å². The fourth-order valence-corrected chi connectivity index (χ4v) is 2.64. The van der Waals surface area contributed by atoms with Crippen molar-refractivity contribution in [3.05, 3.63) is 34.9 Å². The van der Waals surface area contributed by atoms with Crippen molar-refractivity contribution in [1.82, 2.24) is 5.32 Å². The van der Waals surface area contributed by atoms with E-state index in [4.69, 9.17) is 0 Å². The quantitative estimate of drug-likeness (QED) is 0.807. The molecule has 0 bridgehead atoms. The largest absolute Gasteiger partial charge is 0.308 e. The Bertz CT molecular complexity index is 345. The maximum absolute atomic E-state index is 3.61. The summed E-state index contributed by atoms with van der Waals surface area (Å²) in [5.74, 6) is 0. The molecule has 0 aliphatic rings. The molecule has 1 rings (SSSR count). The molecule has 0 aliphatic heterocycles. The Kier molecular flexibility index (Phi) is 5.00. The molecule has 16 heavy (non-hydrogen) atoms. The van der Waals surface area contributed by atoms with Gasteiger partial charge in [0.15, 0.2) is 0 Å². The van der Waals surface area contributed by atoms with Gasteiger partial charge in [-0.15, -0.1) is 0 Å². The minimum absolute atomic E-state index is 0.194. The van der Waals surface area contributed by atoms with Crippen LogP contribution in [0.5, 0.6) is 0 Å². The maximum atomic E-state index is 3.61. The molecule has 0 heterocycles. The van der Waals surface area contributed by atoms with Crippen LogP contribution in [0.3, 0.4) is 0 Å². The Balaban J connectivity index is 2.63. The summed E-state index contributed by atoms with van der Waals surface area (Å²) in [5, 5.41) is 4.66. The van der Waals surface area contributed by atoms with Crippen LogP contribution in [0.1, 0.15) is 37.0 Å². The predicted molar refractivity (Wildman–Crippen MR) is 75.2 cm³/mol. The Morgan fingerprint density at radius 2 is 1.94 bits per heavy atom. The van der Waals surface area contributed by atoms with E-state index in [1.54, 1.807) is 0 Å². The van der Waals surface area contributed by atoms with E-state index in [2.05, 4.69) is 67.1 Å². The number of alkyl halides is 1. The van der Waals surface area contributed by atoms with Gasteiger partial charge in [-0.1, -0.05) is 39.7 Å². The monoisotopic (exact) mass is 283 g/mol. The van der Waals surface area contributed by atoms with E-state index in [0.717, 1.165) is 18.3 Å². The molecule has 0 radical (unpaired) electrons. The van der Waals surface area contributed by atoms with Crippen LogP contribution < -0.4 is 5.32 Å². The van der Waals surface area contributed by atoms with Gasteiger partial charge in [-0.2, -0.15) is 0 Å². The average molecular weight is 284 g/mol. The Morgan fingerprint density at radius 3 is 2.56 bits per heavy atom. The molecular weight excluding hydrogens is 262 g/mol. The van der Waals surface area contributed by atoms with Crippen molar-refractivity contribution < 1.29 is 0 Å². The fourth-order valence-electron chi connectivity index (χ4n) is 1.65. The van der Waals surface area contributed by atoms with Gasteiger partial charge >= 0.3 is 0 Å². The van der Waals surface area contributed by atoms with Gasteiger partial charge in [0.05, 0.1) is 0 Å². The molecule has 0 atom stereocenters. The second kappa shape index (κ2) is 5.83. The van der Waals surface area contributed by atoms with Crippen LogP contribution in [0.25, 0.3) is 0 Å². The topological polar surface area (TPSA) is 12.0 Å². The van der Waals surface area contributed by atoms with Gasteiger partial charge < -0.3 is 5.32 Å². The fraction of sp³-hybridized carbons (Fsp3) is 0.571. The van der Waals surface area contributed by atoms with Gasteiger partial charge in [-0.25, -0.2) is 0 Å². The van der Waals surface area contributed by atoms with Crippen LogP contribution in [-0.2, 0) is 6.54 Å². The first-order valence-electron chi connectivity index (χ1n) is 5.82. The summed E-state index contributed by atoms with van der Waals surface area (Å²) >= 11 is 3.50. The van der Waals surface area contributed by atoms with Gasteiger partial charge in [0, 0.05) is 17.4 Å². The zero-order valence-electron chi connectivity index (χ0n) is 10.7. The number of hydrogen-bond acceptors (Lipinski definition) is 1. The first-order chi connectivity index (χ1) is 7.44. The van der Waals surface area contributed by atoms with Crippen LogP contribution in [0.2, 0.25) is 0 Å². The highest BCUT2D eigenvalue weighted by Crippen LogP contribution is 2.14. The molecule has 1 nitrogen and oxygen atoms in total. The molecule has 0 unspecified atom stereocenters. The maximum Gasteiger partial charge on any atom is 0.0213 e. The Morgan fingerprint density at radius 1 is 1.25 bits per heavy atom.